The first-order chi connectivity index (χ1) is 12.9. The van der Waals surface area contributed by atoms with Crippen molar-refractivity contribution < 1.29 is 27.5 Å². The van der Waals surface area contributed by atoms with E-state index in [4.69, 9.17) is 4.74 Å². The number of amides is 1. The Hall–Kier alpha value is -2.13. The standard InChI is InChI=1S/C18H26N2O6S/c1-3-12-27(23,24)20-11-5-4-6-16(20)18(22)19-14-7-9-15(10-8-14)26-13-17(21)25-2/h7-10,16H,3-6,11-13H2,1-2H3,(H,19,22). The number of hydrogen-bond acceptors (Lipinski definition) is 6. The summed E-state index contributed by atoms with van der Waals surface area (Å²) in [5.41, 5.74) is 0.531. The molecule has 1 saturated heterocycles. The molecule has 1 aliphatic rings. The van der Waals surface area contributed by atoms with Gasteiger partial charge in [-0.3, -0.25) is 4.79 Å². The molecule has 1 N–H and O–H groups in total. The van der Waals surface area contributed by atoms with E-state index in [1.54, 1.807) is 31.2 Å². The summed E-state index contributed by atoms with van der Waals surface area (Å²) in [6, 6.07) is 5.82. The number of piperidine rings is 1. The Balaban J connectivity index is 2.01. The normalized spacial score (nSPS) is 17.9. The third-order valence-electron chi connectivity index (χ3n) is 4.28. The number of carbonyl (C=O) groups is 2. The highest BCUT2D eigenvalue weighted by molar-refractivity contribution is 7.89. The zero-order chi connectivity index (χ0) is 19.9. The molecule has 0 radical (unpaired) electrons. The molecular weight excluding hydrogens is 372 g/mol. The summed E-state index contributed by atoms with van der Waals surface area (Å²) in [7, 11) is -2.16. The van der Waals surface area contributed by atoms with Crippen LogP contribution in [0.3, 0.4) is 0 Å². The second kappa shape index (κ2) is 9.70. The van der Waals surface area contributed by atoms with Crippen LogP contribution >= 0.6 is 0 Å². The molecule has 1 heterocycles. The molecule has 27 heavy (non-hydrogen) atoms. The third-order valence-corrected chi connectivity index (χ3v) is 6.36. The Morgan fingerprint density at radius 2 is 1.93 bits per heavy atom. The van der Waals surface area contributed by atoms with E-state index in [0.29, 0.717) is 30.8 Å². The molecule has 1 amide bonds. The van der Waals surface area contributed by atoms with Crippen LogP contribution in [0.25, 0.3) is 0 Å². The molecule has 0 aromatic heterocycles. The summed E-state index contributed by atoms with van der Waals surface area (Å²) in [5.74, 6) is -0.317. The zero-order valence-electron chi connectivity index (χ0n) is 15.6. The maximum absolute atomic E-state index is 12.7. The van der Waals surface area contributed by atoms with Gasteiger partial charge in [0.05, 0.1) is 12.9 Å². The summed E-state index contributed by atoms with van der Waals surface area (Å²) < 4.78 is 36.0. The highest BCUT2D eigenvalue weighted by atomic mass is 32.2. The van der Waals surface area contributed by atoms with Crippen molar-refractivity contribution in [1.29, 1.82) is 0 Å². The van der Waals surface area contributed by atoms with Crippen LogP contribution in [0.4, 0.5) is 5.69 Å². The molecule has 0 bridgehead atoms. The number of rotatable bonds is 8. The van der Waals surface area contributed by atoms with Crippen LogP contribution in [0.2, 0.25) is 0 Å². The van der Waals surface area contributed by atoms with E-state index in [9.17, 15) is 18.0 Å². The van der Waals surface area contributed by atoms with Gasteiger partial charge in [0.15, 0.2) is 6.61 Å². The van der Waals surface area contributed by atoms with Gasteiger partial charge in [-0.2, -0.15) is 4.31 Å². The van der Waals surface area contributed by atoms with Gasteiger partial charge in [0.25, 0.3) is 0 Å². The Kier molecular flexibility index (Phi) is 7.61. The van der Waals surface area contributed by atoms with Gasteiger partial charge in [-0.25, -0.2) is 13.2 Å². The molecule has 0 aliphatic carbocycles. The molecule has 1 aromatic carbocycles. The Morgan fingerprint density at radius 3 is 2.56 bits per heavy atom. The first-order valence-electron chi connectivity index (χ1n) is 8.97. The fourth-order valence-electron chi connectivity index (χ4n) is 2.94. The van der Waals surface area contributed by atoms with Crippen LogP contribution in [0.5, 0.6) is 5.75 Å². The van der Waals surface area contributed by atoms with Crippen LogP contribution in [0.1, 0.15) is 32.6 Å². The Bertz CT molecular complexity index is 748. The van der Waals surface area contributed by atoms with Crippen LogP contribution < -0.4 is 10.1 Å². The predicted molar refractivity (Wildman–Crippen MR) is 101 cm³/mol. The van der Waals surface area contributed by atoms with Crippen LogP contribution in [0.15, 0.2) is 24.3 Å². The van der Waals surface area contributed by atoms with E-state index in [2.05, 4.69) is 10.1 Å². The number of anilines is 1. The van der Waals surface area contributed by atoms with Crippen molar-refractivity contribution in [1.82, 2.24) is 4.31 Å². The molecular formula is C18H26N2O6S. The molecule has 0 spiro atoms. The van der Waals surface area contributed by atoms with Crippen LogP contribution in [-0.4, -0.2) is 56.7 Å². The lowest BCUT2D eigenvalue weighted by Crippen LogP contribution is -2.50. The number of ether oxygens (including phenoxy) is 2. The molecule has 1 unspecified atom stereocenters. The maximum Gasteiger partial charge on any atom is 0.343 e. The zero-order valence-corrected chi connectivity index (χ0v) is 16.5. The van der Waals surface area contributed by atoms with Gasteiger partial charge in [0.1, 0.15) is 11.8 Å². The lowest BCUT2D eigenvalue weighted by Gasteiger charge is -2.33. The Morgan fingerprint density at radius 1 is 1.22 bits per heavy atom. The third kappa shape index (κ3) is 5.93. The van der Waals surface area contributed by atoms with E-state index >= 15 is 0 Å². The lowest BCUT2D eigenvalue weighted by molar-refractivity contribution is -0.142. The van der Waals surface area contributed by atoms with Crippen molar-refractivity contribution in [2.75, 3.05) is 31.3 Å². The molecule has 8 nitrogen and oxygen atoms in total. The summed E-state index contributed by atoms with van der Waals surface area (Å²) in [6.45, 7) is 1.98. The minimum Gasteiger partial charge on any atom is -0.482 e. The van der Waals surface area contributed by atoms with E-state index in [-0.39, 0.29) is 18.3 Å². The van der Waals surface area contributed by atoms with Gasteiger partial charge >= 0.3 is 5.97 Å². The number of methoxy groups -OCH3 is 1. The molecule has 1 atom stereocenters. The molecule has 9 heteroatoms. The van der Waals surface area contributed by atoms with Crippen molar-refractivity contribution in [2.45, 2.75) is 38.6 Å². The lowest BCUT2D eigenvalue weighted by atomic mass is 10.0. The minimum absolute atomic E-state index is 0.0447. The van der Waals surface area contributed by atoms with E-state index in [0.717, 1.165) is 12.8 Å². The first-order valence-corrected chi connectivity index (χ1v) is 10.6. The minimum atomic E-state index is -3.44. The fourth-order valence-corrected chi connectivity index (χ4v) is 4.68. The monoisotopic (exact) mass is 398 g/mol. The maximum atomic E-state index is 12.7. The van der Waals surface area contributed by atoms with Crippen molar-refractivity contribution in [3.8, 4) is 5.75 Å². The molecule has 2 rings (SSSR count). The van der Waals surface area contributed by atoms with Gasteiger partial charge in [-0.15, -0.1) is 0 Å². The average molecular weight is 398 g/mol. The van der Waals surface area contributed by atoms with Crippen molar-refractivity contribution >= 4 is 27.6 Å². The summed E-state index contributed by atoms with van der Waals surface area (Å²) in [6.07, 6.45) is 2.60. The van der Waals surface area contributed by atoms with Crippen molar-refractivity contribution in [3.63, 3.8) is 0 Å². The van der Waals surface area contributed by atoms with Gasteiger partial charge in [-0.05, 0) is 43.5 Å². The largest absolute Gasteiger partial charge is 0.482 e. The number of nitrogens with one attached hydrogen (secondary N) is 1. The van der Waals surface area contributed by atoms with E-state index < -0.39 is 22.0 Å². The SMILES string of the molecule is CCCS(=O)(=O)N1CCCCC1C(=O)Nc1ccc(OCC(=O)OC)cc1. The number of nitrogens with zero attached hydrogens (tertiary/aromatic N) is 1. The molecule has 1 fully saturated rings. The second-order valence-electron chi connectivity index (χ2n) is 6.32. The summed E-state index contributed by atoms with van der Waals surface area (Å²) >= 11 is 0. The van der Waals surface area contributed by atoms with E-state index in [1.807, 2.05) is 0 Å². The number of carbonyl (C=O) groups excluding carboxylic acids is 2. The number of benzene rings is 1. The summed E-state index contributed by atoms with van der Waals surface area (Å²) in [5, 5.41) is 2.77. The smallest absolute Gasteiger partial charge is 0.343 e. The molecule has 1 aliphatic heterocycles. The fraction of sp³-hybridized carbons (Fsp3) is 0.556. The van der Waals surface area contributed by atoms with Crippen LogP contribution in [0, 0.1) is 0 Å². The van der Waals surface area contributed by atoms with Crippen molar-refractivity contribution in [2.24, 2.45) is 0 Å². The summed E-state index contributed by atoms with van der Waals surface area (Å²) in [4.78, 5) is 23.7. The highest BCUT2D eigenvalue weighted by Gasteiger charge is 2.36. The number of esters is 1. The second-order valence-corrected chi connectivity index (χ2v) is 8.36. The topological polar surface area (TPSA) is 102 Å². The highest BCUT2D eigenvalue weighted by Crippen LogP contribution is 2.23. The van der Waals surface area contributed by atoms with E-state index in [1.165, 1.54) is 11.4 Å². The van der Waals surface area contributed by atoms with Gasteiger partial charge in [-0.1, -0.05) is 13.3 Å². The molecule has 150 valence electrons. The van der Waals surface area contributed by atoms with Crippen LogP contribution in [-0.2, 0) is 24.3 Å². The Labute approximate surface area is 159 Å². The average Bonchev–Trinajstić information content (AvgIpc) is 2.67. The van der Waals surface area contributed by atoms with Gasteiger partial charge in [0, 0.05) is 12.2 Å². The first kappa shape index (κ1) is 21.2. The quantitative estimate of drug-likeness (QED) is 0.670. The van der Waals surface area contributed by atoms with Crippen molar-refractivity contribution in [3.05, 3.63) is 24.3 Å². The molecule has 0 saturated carbocycles. The molecule has 1 aromatic rings. The number of hydrogen-bond donors (Lipinski definition) is 1. The predicted octanol–water partition coefficient (Wildman–Crippen LogP) is 1.77. The van der Waals surface area contributed by atoms with Gasteiger partial charge in [0.2, 0.25) is 15.9 Å². The number of sulfonamides is 1. The van der Waals surface area contributed by atoms with Gasteiger partial charge < -0.3 is 14.8 Å².